The summed E-state index contributed by atoms with van der Waals surface area (Å²) in [6.07, 6.45) is 0. The molecule has 0 aliphatic heterocycles. The SMILES string of the molecule is Cc1ccc(N(c2ccc3c(c2)C(C)(C)c2cc4c(-c5cc(F)cc(F)c5)c5c(cc4c(-c4cc(F)cc(F)c4)c2-3)C(C)(C)c2cc(N(c3ccc(C)cc3)c3cccc4ccccc34)ccc2-5)c2cccc3ccccc23)cc1. The summed E-state index contributed by atoms with van der Waals surface area (Å²) in [5.41, 5.74) is 16.4. The molecule has 0 radical (unpaired) electrons. The molecule has 0 amide bonds. The third-order valence-electron chi connectivity index (χ3n) is 17.1. The van der Waals surface area contributed by atoms with E-state index in [1.807, 2.05) is 0 Å². The number of rotatable bonds is 8. The summed E-state index contributed by atoms with van der Waals surface area (Å²) in [4.78, 5) is 4.60. The zero-order valence-corrected chi connectivity index (χ0v) is 45.2. The van der Waals surface area contributed by atoms with Gasteiger partial charge in [-0.15, -0.1) is 0 Å². The lowest BCUT2D eigenvalue weighted by Gasteiger charge is -2.29. The van der Waals surface area contributed by atoms with Crippen LogP contribution >= 0.6 is 0 Å². The van der Waals surface area contributed by atoms with Crippen molar-refractivity contribution in [3.05, 3.63) is 275 Å². The molecule has 2 nitrogen and oxygen atoms in total. The Balaban J connectivity index is 1.04. The second-order valence-corrected chi connectivity index (χ2v) is 22.8. The fraction of sp³-hybridized carbons (Fsp3) is 0.108. The first kappa shape index (κ1) is 49.1. The van der Waals surface area contributed by atoms with Gasteiger partial charge < -0.3 is 9.80 Å². The largest absolute Gasteiger partial charge is 0.310 e. The van der Waals surface area contributed by atoms with E-state index >= 15 is 17.6 Å². The molecule has 0 fully saturated rings. The van der Waals surface area contributed by atoms with Crippen LogP contribution in [0, 0.1) is 37.1 Å². The van der Waals surface area contributed by atoms with Crippen molar-refractivity contribution in [3.63, 3.8) is 0 Å². The van der Waals surface area contributed by atoms with Gasteiger partial charge in [0, 0.05) is 56.5 Å². The van der Waals surface area contributed by atoms with E-state index in [2.05, 4.69) is 233 Å². The number of nitrogens with zero attached hydrogens (tertiary/aromatic N) is 2. The van der Waals surface area contributed by atoms with Crippen molar-refractivity contribution in [2.45, 2.75) is 52.4 Å². The van der Waals surface area contributed by atoms with E-state index in [-0.39, 0.29) is 0 Å². The van der Waals surface area contributed by atoms with Crippen molar-refractivity contribution in [2.75, 3.05) is 9.80 Å². The van der Waals surface area contributed by atoms with Gasteiger partial charge in [-0.3, -0.25) is 0 Å². The molecular weight excluding hydrogens is 993 g/mol. The van der Waals surface area contributed by atoms with Crippen LogP contribution in [0.15, 0.2) is 218 Å². The normalized spacial score (nSPS) is 13.6. The lowest BCUT2D eigenvalue weighted by atomic mass is 9.76. The Labute approximate surface area is 463 Å². The monoisotopic (exact) mass is 1050 g/mol. The van der Waals surface area contributed by atoms with Crippen LogP contribution in [-0.4, -0.2) is 0 Å². The number of hydrogen-bond donors (Lipinski definition) is 0. The molecule has 0 aromatic heterocycles. The van der Waals surface area contributed by atoms with Gasteiger partial charge in [0.05, 0.1) is 11.4 Å². The van der Waals surface area contributed by atoms with Crippen LogP contribution in [0.1, 0.15) is 61.1 Å². The number of fused-ring (bicyclic) bond motifs is 9. The summed E-state index contributed by atoms with van der Waals surface area (Å²) in [5.74, 6) is -2.83. The summed E-state index contributed by atoms with van der Waals surface area (Å²) >= 11 is 0. The van der Waals surface area contributed by atoms with Crippen LogP contribution < -0.4 is 9.80 Å². The first-order chi connectivity index (χ1) is 38.6. The maximum atomic E-state index is 16.0. The van der Waals surface area contributed by atoms with Crippen molar-refractivity contribution in [2.24, 2.45) is 0 Å². The molecule has 0 bridgehead atoms. The van der Waals surface area contributed by atoms with E-state index in [4.69, 9.17) is 0 Å². The van der Waals surface area contributed by atoms with Crippen molar-refractivity contribution < 1.29 is 17.6 Å². The van der Waals surface area contributed by atoms with Gasteiger partial charge >= 0.3 is 0 Å². The minimum atomic E-state index is -0.708. The predicted molar refractivity (Wildman–Crippen MR) is 324 cm³/mol. The maximum Gasteiger partial charge on any atom is 0.126 e. The van der Waals surface area contributed by atoms with Gasteiger partial charge in [-0.05, 0) is 199 Å². The molecule has 6 heteroatoms. The Morgan fingerprint density at radius 1 is 0.300 bits per heavy atom. The molecule has 0 unspecified atom stereocenters. The maximum absolute atomic E-state index is 16.0. The van der Waals surface area contributed by atoms with E-state index in [9.17, 15) is 0 Å². The van der Waals surface area contributed by atoms with Crippen LogP contribution in [0.5, 0.6) is 0 Å². The molecule has 0 N–H and O–H groups in total. The average molecular weight is 1050 g/mol. The molecule has 0 heterocycles. The molecule has 388 valence electrons. The van der Waals surface area contributed by atoms with Gasteiger partial charge in [0.2, 0.25) is 0 Å². The third kappa shape index (κ3) is 7.67. The molecule has 80 heavy (non-hydrogen) atoms. The van der Waals surface area contributed by atoms with Crippen molar-refractivity contribution in [3.8, 4) is 44.5 Å². The molecule has 0 atom stereocenters. The number of benzene rings is 12. The summed E-state index contributed by atoms with van der Waals surface area (Å²) in [6.45, 7) is 13.0. The summed E-state index contributed by atoms with van der Waals surface area (Å²) < 4.78 is 64.0. The Morgan fingerprint density at radius 3 is 1.04 bits per heavy atom. The van der Waals surface area contributed by atoms with Gasteiger partial charge in [-0.25, -0.2) is 17.6 Å². The van der Waals surface area contributed by atoms with E-state index in [1.54, 1.807) is 0 Å². The van der Waals surface area contributed by atoms with Crippen molar-refractivity contribution in [1.29, 1.82) is 0 Å². The number of halogens is 4. The Morgan fingerprint density at radius 2 is 0.650 bits per heavy atom. The predicted octanol–water partition coefficient (Wildman–Crippen LogP) is 21.2. The highest BCUT2D eigenvalue weighted by atomic mass is 19.1. The topological polar surface area (TPSA) is 6.48 Å². The quantitative estimate of drug-likeness (QED) is 0.140. The molecule has 14 rings (SSSR count). The molecule has 2 aliphatic rings. The minimum absolute atomic E-state index is 0.366. The standard InChI is InChI=1S/C74H54F4N2/c1-43-21-25-53(26-22-43)79(67-19-11-15-45-13-7-9-17-57(45)67)55-29-31-59-63(39-55)73(3,4)65-41-61-62(69(71(59)65)47-33-49(75)37-50(76)34-47)42-66-72(70(61)48-35-51(77)38-52(78)36-48)60-32-30-56(40-64(60)74(66,5)6)80(54-27-23-44(2)24-28-54)68-20-12-16-46-14-8-10-18-58(46)68/h7-42H,1-6H3. The van der Waals surface area contributed by atoms with Crippen LogP contribution in [0.2, 0.25) is 0 Å². The first-order valence-corrected chi connectivity index (χ1v) is 27.2. The molecule has 0 spiro atoms. The summed E-state index contributed by atoms with van der Waals surface area (Å²) in [5, 5.41) is 5.87. The minimum Gasteiger partial charge on any atom is -0.310 e. The molecular formula is C74H54F4N2. The van der Waals surface area contributed by atoms with Crippen LogP contribution in [0.4, 0.5) is 51.7 Å². The fourth-order valence-electron chi connectivity index (χ4n) is 13.2. The Kier molecular flexibility index (Phi) is 11.1. The fourth-order valence-corrected chi connectivity index (χ4v) is 13.2. The highest BCUT2D eigenvalue weighted by Crippen LogP contribution is 2.61. The van der Waals surface area contributed by atoms with E-state index < -0.39 is 34.1 Å². The molecule has 0 saturated carbocycles. The second-order valence-electron chi connectivity index (χ2n) is 22.8. The van der Waals surface area contributed by atoms with Crippen LogP contribution in [-0.2, 0) is 10.8 Å². The Hall–Kier alpha value is -9.26. The van der Waals surface area contributed by atoms with Crippen LogP contribution in [0.3, 0.4) is 0 Å². The summed E-state index contributed by atoms with van der Waals surface area (Å²) in [7, 11) is 0. The van der Waals surface area contributed by atoms with E-state index in [1.165, 1.54) is 24.3 Å². The molecule has 12 aromatic carbocycles. The lowest BCUT2D eigenvalue weighted by molar-refractivity contribution is 0.583. The average Bonchev–Trinajstić information content (AvgIpc) is 3.92. The van der Waals surface area contributed by atoms with Crippen LogP contribution in [0.25, 0.3) is 76.8 Å². The van der Waals surface area contributed by atoms with Gasteiger partial charge in [-0.1, -0.05) is 148 Å². The third-order valence-corrected chi connectivity index (χ3v) is 17.1. The first-order valence-electron chi connectivity index (χ1n) is 27.2. The Bertz CT molecular complexity index is 4210. The highest BCUT2D eigenvalue weighted by molar-refractivity contribution is 6.17. The lowest BCUT2D eigenvalue weighted by Crippen LogP contribution is -2.17. The van der Waals surface area contributed by atoms with E-state index in [0.29, 0.717) is 22.3 Å². The number of aryl methyl sites for hydroxylation is 2. The highest BCUT2D eigenvalue weighted by Gasteiger charge is 2.43. The van der Waals surface area contributed by atoms with Gasteiger partial charge in [0.15, 0.2) is 0 Å². The van der Waals surface area contributed by atoms with Gasteiger partial charge in [0.25, 0.3) is 0 Å². The van der Waals surface area contributed by atoms with Crippen molar-refractivity contribution in [1.82, 2.24) is 0 Å². The van der Waals surface area contributed by atoms with Gasteiger partial charge in [-0.2, -0.15) is 0 Å². The summed E-state index contributed by atoms with van der Waals surface area (Å²) in [6, 6.07) is 71.6. The number of hydrogen-bond acceptors (Lipinski definition) is 2. The zero-order valence-electron chi connectivity index (χ0n) is 45.2. The van der Waals surface area contributed by atoms with Crippen molar-refractivity contribution >= 4 is 66.4 Å². The number of anilines is 6. The zero-order chi connectivity index (χ0) is 54.9. The molecule has 2 aliphatic carbocycles. The van der Waals surface area contributed by atoms with Gasteiger partial charge in [0.1, 0.15) is 23.3 Å². The smallest absolute Gasteiger partial charge is 0.126 e. The van der Waals surface area contributed by atoms with E-state index in [0.717, 1.165) is 134 Å². The molecule has 0 saturated heterocycles. The molecule has 12 aromatic rings. The second kappa shape index (κ2) is 18.2.